The van der Waals surface area contributed by atoms with Gasteiger partial charge in [-0.1, -0.05) is 29.8 Å². The SMILES string of the molecule is Cc1ccc(C2NC(=S)N=C3C2C(=O)N=C2SC([N+](=O)[O-])=CN23)cc1. The fraction of sp³-hybridized carbons (Fsp3) is 0.200. The Morgan fingerprint density at radius 2 is 2.04 bits per heavy atom. The summed E-state index contributed by atoms with van der Waals surface area (Å²) in [5, 5.41) is 14.5. The van der Waals surface area contributed by atoms with Crippen LogP contribution >= 0.6 is 24.0 Å². The van der Waals surface area contributed by atoms with Crippen LogP contribution in [0.5, 0.6) is 0 Å². The molecule has 4 rings (SSSR count). The maximum atomic E-state index is 12.6. The molecule has 0 fully saturated rings. The van der Waals surface area contributed by atoms with E-state index >= 15 is 0 Å². The predicted molar refractivity (Wildman–Crippen MR) is 97.5 cm³/mol. The monoisotopic (exact) mass is 373 g/mol. The van der Waals surface area contributed by atoms with Crippen molar-refractivity contribution in [2.24, 2.45) is 15.9 Å². The molecule has 3 aliphatic rings. The van der Waals surface area contributed by atoms with Crippen molar-refractivity contribution in [2.45, 2.75) is 13.0 Å². The number of nitrogens with one attached hydrogen (secondary N) is 1. The second kappa shape index (κ2) is 5.74. The van der Waals surface area contributed by atoms with Crippen molar-refractivity contribution in [2.75, 3.05) is 0 Å². The molecule has 1 aromatic carbocycles. The zero-order chi connectivity index (χ0) is 17.7. The molecule has 0 bridgehead atoms. The highest BCUT2D eigenvalue weighted by Crippen LogP contribution is 2.38. The van der Waals surface area contributed by atoms with E-state index in [-0.39, 0.29) is 15.3 Å². The first kappa shape index (κ1) is 15.9. The molecule has 25 heavy (non-hydrogen) atoms. The van der Waals surface area contributed by atoms with E-state index < -0.39 is 22.8 Å². The predicted octanol–water partition coefficient (Wildman–Crippen LogP) is 1.96. The van der Waals surface area contributed by atoms with E-state index in [1.165, 1.54) is 11.1 Å². The minimum atomic E-state index is -0.693. The van der Waals surface area contributed by atoms with Gasteiger partial charge in [-0.2, -0.15) is 4.99 Å². The summed E-state index contributed by atoms with van der Waals surface area (Å²) in [5.74, 6) is -0.717. The Morgan fingerprint density at radius 1 is 1.32 bits per heavy atom. The zero-order valence-corrected chi connectivity index (χ0v) is 14.5. The summed E-state index contributed by atoms with van der Waals surface area (Å²) >= 11 is 6.05. The van der Waals surface area contributed by atoms with Gasteiger partial charge < -0.3 is 5.32 Å². The van der Waals surface area contributed by atoms with Gasteiger partial charge in [0.2, 0.25) is 0 Å². The molecule has 0 aromatic heterocycles. The van der Waals surface area contributed by atoms with Crippen molar-refractivity contribution in [1.82, 2.24) is 10.2 Å². The molecule has 1 N–H and O–H groups in total. The highest BCUT2D eigenvalue weighted by Gasteiger charge is 2.47. The van der Waals surface area contributed by atoms with Gasteiger partial charge in [-0.15, -0.1) is 0 Å². The molecule has 1 amide bonds. The molecule has 2 unspecified atom stereocenters. The van der Waals surface area contributed by atoms with Crippen LogP contribution in [0.25, 0.3) is 0 Å². The number of hydrogen-bond acceptors (Lipinski definition) is 6. The average Bonchev–Trinajstić information content (AvgIpc) is 2.99. The number of aliphatic imine (C=N–C) groups is 2. The summed E-state index contributed by atoms with van der Waals surface area (Å²) in [6, 6.07) is 7.31. The van der Waals surface area contributed by atoms with Gasteiger partial charge >= 0.3 is 5.03 Å². The highest BCUT2D eigenvalue weighted by atomic mass is 32.2. The molecule has 0 saturated heterocycles. The molecule has 8 nitrogen and oxygen atoms in total. The number of fused-ring (bicyclic) bond motifs is 3. The standard InChI is InChI=1S/C15H11N5O3S2/c1-7-2-4-8(5-3-7)11-10-12(17-14(24)16-11)19-6-9(20(22)23)25-15(19)18-13(10)21/h2-6,10-11H,1H3,(H,16,24). The van der Waals surface area contributed by atoms with Gasteiger partial charge in [-0.3, -0.25) is 19.8 Å². The van der Waals surface area contributed by atoms with Crippen LogP contribution in [0.3, 0.4) is 0 Å². The molecule has 0 aliphatic carbocycles. The number of amidine groups is 2. The number of aryl methyl sites for hydroxylation is 1. The smallest absolute Gasteiger partial charge is 0.327 e. The topological polar surface area (TPSA) is 100 Å². The van der Waals surface area contributed by atoms with Crippen molar-refractivity contribution >= 4 is 46.0 Å². The molecule has 1 aromatic rings. The first-order chi connectivity index (χ1) is 11.9. The third-order valence-corrected chi connectivity index (χ3v) is 5.23. The molecule has 126 valence electrons. The molecule has 0 spiro atoms. The van der Waals surface area contributed by atoms with Crippen LogP contribution in [-0.4, -0.2) is 31.8 Å². The Bertz CT molecular complexity index is 906. The Balaban J connectivity index is 1.79. The molecule has 10 heteroatoms. The van der Waals surface area contributed by atoms with E-state index in [1.54, 1.807) is 0 Å². The number of benzene rings is 1. The molecular weight excluding hydrogens is 362 g/mol. The van der Waals surface area contributed by atoms with E-state index in [9.17, 15) is 14.9 Å². The van der Waals surface area contributed by atoms with Crippen molar-refractivity contribution in [3.8, 4) is 0 Å². The van der Waals surface area contributed by atoms with E-state index in [0.29, 0.717) is 5.84 Å². The third-order valence-electron chi connectivity index (χ3n) is 4.08. The van der Waals surface area contributed by atoms with E-state index in [1.807, 2.05) is 31.2 Å². The minimum Gasteiger partial charge on any atom is -0.353 e. The number of nitrogens with zero attached hydrogens (tertiary/aromatic N) is 4. The number of rotatable bonds is 2. The number of nitro groups is 1. The van der Waals surface area contributed by atoms with Crippen LogP contribution in [0.15, 0.2) is 45.5 Å². The van der Waals surface area contributed by atoms with E-state index in [4.69, 9.17) is 12.2 Å². The van der Waals surface area contributed by atoms with Crippen LogP contribution < -0.4 is 5.32 Å². The quantitative estimate of drug-likeness (QED) is 0.480. The number of carbonyl (C=O) groups is 1. The summed E-state index contributed by atoms with van der Waals surface area (Å²) in [7, 11) is 0. The number of thiocarbonyl (C=S) groups is 1. The first-order valence-electron chi connectivity index (χ1n) is 7.35. The summed E-state index contributed by atoms with van der Waals surface area (Å²) in [4.78, 5) is 32.9. The molecule has 0 saturated carbocycles. The van der Waals surface area contributed by atoms with Gasteiger partial charge in [-0.05, 0) is 24.7 Å². The van der Waals surface area contributed by atoms with Gasteiger partial charge in [-0.25, -0.2) is 4.99 Å². The summed E-state index contributed by atoms with van der Waals surface area (Å²) in [6.07, 6.45) is 1.34. The molecule has 2 atom stereocenters. The van der Waals surface area contributed by atoms with Crippen molar-refractivity contribution < 1.29 is 9.72 Å². The van der Waals surface area contributed by atoms with Crippen LogP contribution in [0.2, 0.25) is 0 Å². The largest absolute Gasteiger partial charge is 0.353 e. The lowest BCUT2D eigenvalue weighted by Crippen LogP contribution is -2.52. The summed E-state index contributed by atoms with van der Waals surface area (Å²) in [5.41, 5.74) is 1.98. The van der Waals surface area contributed by atoms with Crippen molar-refractivity contribution in [1.29, 1.82) is 0 Å². The Morgan fingerprint density at radius 3 is 2.72 bits per heavy atom. The maximum Gasteiger partial charge on any atom is 0.327 e. The zero-order valence-electron chi connectivity index (χ0n) is 12.9. The second-order valence-corrected chi connectivity index (χ2v) is 7.09. The van der Waals surface area contributed by atoms with E-state index in [2.05, 4.69) is 15.3 Å². The normalized spacial score (nSPS) is 24.7. The van der Waals surface area contributed by atoms with Crippen molar-refractivity contribution in [3.05, 3.63) is 56.7 Å². The van der Waals surface area contributed by atoms with Gasteiger partial charge in [0.1, 0.15) is 11.8 Å². The van der Waals surface area contributed by atoms with Crippen LogP contribution in [-0.2, 0) is 4.79 Å². The lowest BCUT2D eigenvalue weighted by atomic mass is 9.88. The highest BCUT2D eigenvalue weighted by molar-refractivity contribution is 8.17. The van der Waals surface area contributed by atoms with Gasteiger partial charge in [0.15, 0.2) is 10.3 Å². The summed E-state index contributed by atoms with van der Waals surface area (Å²) < 4.78 is 0. The fourth-order valence-corrected chi connectivity index (χ4v) is 3.92. The fourth-order valence-electron chi connectivity index (χ4n) is 2.90. The number of thioether (sulfide) groups is 1. The molecule has 3 heterocycles. The Kier molecular flexibility index (Phi) is 3.65. The van der Waals surface area contributed by atoms with Gasteiger partial charge in [0.05, 0.1) is 17.2 Å². The third kappa shape index (κ3) is 2.63. The Hall–Kier alpha value is -2.59. The minimum absolute atomic E-state index is 0.105. The number of carbonyl (C=O) groups excluding carboxylic acids is 1. The second-order valence-electron chi connectivity index (χ2n) is 5.71. The summed E-state index contributed by atoms with van der Waals surface area (Å²) in [6.45, 7) is 1.98. The number of amides is 1. The molecule has 3 aliphatic heterocycles. The molecular formula is C15H11N5O3S2. The average molecular weight is 373 g/mol. The van der Waals surface area contributed by atoms with Gasteiger partial charge in [0.25, 0.3) is 5.91 Å². The first-order valence-corrected chi connectivity index (χ1v) is 8.58. The maximum absolute atomic E-state index is 12.6. The molecule has 0 radical (unpaired) electrons. The number of hydrogen-bond donors (Lipinski definition) is 1. The van der Waals surface area contributed by atoms with Gasteiger partial charge in [0, 0.05) is 11.8 Å². The van der Waals surface area contributed by atoms with Crippen LogP contribution in [0.1, 0.15) is 17.2 Å². The lowest BCUT2D eigenvalue weighted by molar-refractivity contribution is -0.410. The lowest BCUT2D eigenvalue weighted by Gasteiger charge is -2.36. The van der Waals surface area contributed by atoms with Crippen molar-refractivity contribution in [3.63, 3.8) is 0 Å². The van der Waals surface area contributed by atoms with E-state index in [0.717, 1.165) is 22.9 Å². The van der Waals surface area contributed by atoms with Crippen LogP contribution in [0.4, 0.5) is 0 Å². The van der Waals surface area contributed by atoms with Crippen LogP contribution in [0, 0.1) is 23.0 Å². The Labute approximate surface area is 151 Å².